The van der Waals surface area contributed by atoms with Gasteiger partial charge in [-0.2, -0.15) is 5.10 Å². The van der Waals surface area contributed by atoms with Crippen molar-refractivity contribution < 1.29 is 9.52 Å². The molecule has 0 aliphatic heterocycles. The molecule has 2 heterocycles. The van der Waals surface area contributed by atoms with Crippen molar-refractivity contribution in [3.8, 4) is 0 Å². The molecule has 0 amide bonds. The molecule has 92 valence electrons. The van der Waals surface area contributed by atoms with Gasteiger partial charge in [-0.1, -0.05) is 11.6 Å². The molecule has 0 saturated carbocycles. The first-order valence-corrected chi connectivity index (χ1v) is 5.78. The van der Waals surface area contributed by atoms with E-state index in [1.807, 2.05) is 27.0 Å². The van der Waals surface area contributed by atoms with Crippen molar-refractivity contribution in [2.45, 2.75) is 26.4 Å². The molecule has 0 aliphatic carbocycles. The molecule has 0 fully saturated rings. The molecule has 4 nitrogen and oxygen atoms in total. The van der Waals surface area contributed by atoms with Crippen molar-refractivity contribution >= 4 is 11.6 Å². The number of halogens is 1. The third kappa shape index (κ3) is 2.37. The molecule has 1 N–H and O–H groups in total. The van der Waals surface area contributed by atoms with Gasteiger partial charge in [-0.3, -0.25) is 4.68 Å². The highest BCUT2D eigenvalue weighted by Crippen LogP contribution is 2.26. The largest absolute Gasteiger partial charge is 0.469 e. The van der Waals surface area contributed by atoms with E-state index in [4.69, 9.17) is 16.0 Å². The third-order valence-corrected chi connectivity index (χ3v) is 3.28. The molecule has 0 saturated heterocycles. The highest BCUT2D eigenvalue weighted by Gasteiger charge is 2.17. The van der Waals surface area contributed by atoms with Crippen LogP contribution in [0.25, 0.3) is 0 Å². The summed E-state index contributed by atoms with van der Waals surface area (Å²) in [5, 5.41) is 14.9. The van der Waals surface area contributed by atoms with E-state index in [2.05, 4.69) is 5.10 Å². The van der Waals surface area contributed by atoms with E-state index >= 15 is 0 Å². The molecular formula is C12H15ClN2O2. The number of aliphatic hydroxyl groups is 1. The lowest BCUT2D eigenvalue weighted by molar-refractivity contribution is 0.175. The molecule has 1 atom stereocenters. The van der Waals surface area contributed by atoms with Crippen LogP contribution in [0.2, 0.25) is 5.02 Å². The Bertz CT molecular complexity index is 531. The molecule has 0 aliphatic rings. The van der Waals surface area contributed by atoms with Crippen LogP contribution < -0.4 is 0 Å². The number of rotatable bonds is 3. The van der Waals surface area contributed by atoms with Crippen LogP contribution in [0.15, 0.2) is 16.7 Å². The molecule has 17 heavy (non-hydrogen) atoms. The number of furan rings is 1. The summed E-state index contributed by atoms with van der Waals surface area (Å²) in [6, 6.07) is 1.82. The first-order valence-electron chi connectivity index (χ1n) is 5.40. The quantitative estimate of drug-likeness (QED) is 0.916. The van der Waals surface area contributed by atoms with Gasteiger partial charge in [-0.05, 0) is 19.9 Å². The smallest absolute Gasteiger partial charge is 0.101 e. The average Bonchev–Trinajstić information content (AvgIpc) is 2.79. The van der Waals surface area contributed by atoms with E-state index in [0.29, 0.717) is 11.4 Å². The van der Waals surface area contributed by atoms with E-state index in [0.717, 1.165) is 22.7 Å². The second-order valence-corrected chi connectivity index (χ2v) is 4.56. The van der Waals surface area contributed by atoms with Gasteiger partial charge >= 0.3 is 0 Å². The van der Waals surface area contributed by atoms with Gasteiger partial charge < -0.3 is 9.52 Å². The predicted octanol–water partition coefficient (Wildman–Crippen LogP) is 2.56. The molecule has 0 aromatic carbocycles. The minimum absolute atomic E-state index is 0.426. The molecule has 2 aromatic heterocycles. The third-order valence-electron chi connectivity index (χ3n) is 2.78. The van der Waals surface area contributed by atoms with Crippen LogP contribution >= 0.6 is 11.6 Å². The van der Waals surface area contributed by atoms with Crippen LogP contribution in [-0.4, -0.2) is 14.9 Å². The van der Waals surface area contributed by atoms with Crippen LogP contribution in [0.1, 0.15) is 28.8 Å². The maximum absolute atomic E-state index is 10.1. The number of hydrogen-bond donors (Lipinski definition) is 1. The number of aryl methyl sites for hydroxylation is 3. The zero-order chi connectivity index (χ0) is 12.6. The van der Waals surface area contributed by atoms with Crippen molar-refractivity contribution in [1.29, 1.82) is 0 Å². The van der Waals surface area contributed by atoms with Crippen LogP contribution in [0.4, 0.5) is 0 Å². The monoisotopic (exact) mass is 254 g/mol. The standard InChI is InChI=1S/C12H15ClN2O2/c1-7-4-9(6-17-7)11(16)5-10-12(13)8(2)14-15(10)3/h4,6,11,16H,5H2,1-3H3. The molecule has 2 aromatic rings. The number of aromatic nitrogens is 2. The summed E-state index contributed by atoms with van der Waals surface area (Å²) in [6.07, 6.45) is 1.37. The second-order valence-electron chi connectivity index (χ2n) is 4.18. The van der Waals surface area contributed by atoms with E-state index in [-0.39, 0.29) is 0 Å². The SMILES string of the molecule is Cc1cc(C(O)Cc2c(Cl)c(C)nn2C)co1. The fourth-order valence-corrected chi connectivity index (χ4v) is 2.08. The normalized spacial score (nSPS) is 13.0. The molecule has 5 heteroatoms. The first kappa shape index (κ1) is 12.2. The molecule has 0 radical (unpaired) electrons. The summed E-state index contributed by atoms with van der Waals surface area (Å²) in [4.78, 5) is 0. The van der Waals surface area contributed by atoms with Crippen molar-refractivity contribution in [2.24, 2.45) is 7.05 Å². The fraction of sp³-hybridized carbons (Fsp3) is 0.417. The summed E-state index contributed by atoms with van der Waals surface area (Å²) in [5.41, 5.74) is 2.37. The van der Waals surface area contributed by atoms with Gasteiger partial charge in [0.25, 0.3) is 0 Å². The average molecular weight is 255 g/mol. The van der Waals surface area contributed by atoms with Crippen LogP contribution in [0.5, 0.6) is 0 Å². The Kier molecular flexibility index (Phi) is 3.26. The van der Waals surface area contributed by atoms with E-state index in [1.165, 1.54) is 0 Å². The van der Waals surface area contributed by atoms with E-state index in [9.17, 15) is 5.11 Å². The molecule has 0 bridgehead atoms. The lowest BCUT2D eigenvalue weighted by atomic mass is 10.1. The van der Waals surface area contributed by atoms with E-state index in [1.54, 1.807) is 10.9 Å². The molecule has 2 rings (SSSR count). The van der Waals surface area contributed by atoms with Crippen molar-refractivity contribution in [3.05, 3.63) is 40.1 Å². The van der Waals surface area contributed by atoms with Crippen LogP contribution in [0, 0.1) is 13.8 Å². The van der Waals surface area contributed by atoms with Crippen molar-refractivity contribution in [2.75, 3.05) is 0 Å². The number of nitrogens with zero attached hydrogens (tertiary/aromatic N) is 2. The van der Waals surface area contributed by atoms with Crippen LogP contribution in [0.3, 0.4) is 0 Å². The number of aliphatic hydroxyl groups excluding tert-OH is 1. The molecule has 0 spiro atoms. The van der Waals surface area contributed by atoms with Gasteiger partial charge in [0.15, 0.2) is 0 Å². The maximum atomic E-state index is 10.1. The van der Waals surface area contributed by atoms with Gasteiger partial charge in [0.2, 0.25) is 0 Å². The Hall–Kier alpha value is -1.26. The second kappa shape index (κ2) is 4.55. The summed E-state index contributed by atoms with van der Waals surface area (Å²) in [5.74, 6) is 0.784. The minimum atomic E-state index is -0.625. The number of hydrogen-bond acceptors (Lipinski definition) is 3. The van der Waals surface area contributed by atoms with Gasteiger partial charge in [0.1, 0.15) is 5.76 Å². The minimum Gasteiger partial charge on any atom is -0.469 e. The molecule has 1 unspecified atom stereocenters. The topological polar surface area (TPSA) is 51.2 Å². The highest BCUT2D eigenvalue weighted by molar-refractivity contribution is 6.31. The van der Waals surface area contributed by atoms with Crippen molar-refractivity contribution in [1.82, 2.24) is 9.78 Å². The summed E-state index contributed by atoms with van der Waals surface area (Å²) >= 11 is 6.13. The van der Waals surface area contributed by atoms with Crippen LogP contribution in [-0.2, 0) is 13.5 Å². The lowest BCUT2D eigenvalue weighted by Crippen LogP contribution is -2.06. The van der Waals surface area contributed by atoms with Gasteiger partial charge in [-0.15, -0.1) is 0 Å². The Labute approximate surface area is 105 Å². The predicted molar refractivity (Wildman–Crippen MR) is 65.1 cm³/mol. The Morgan fingerprint density at radius 2 is 2.24 bits per heavy atom. The van der Waals surface area contributed by atoms with Gasteiger partial charge in [-0.25, -0.2) is 0 Å². The van der Waals surface area contributed by atoms with Gasteiger partial charge in [0, 0.05) is 19.0 Å². The zero-order valence-electron chi connectivity index (χ0n) is 10.1. The lowest BCUT2D eigenvalue weighted by Gasteiger charge is -2.08. The Morgan fingerprint density at radius 3 is 2.71 bits per heavy atom. The highest BCUT2D eigenvalue weighted by atomic mass is 35.5. The summed E-state index contributed by atoms with van der Waals surface area (Å²) in [7, 11) is 1.82. The fourth-order valence-electron chi connectivity index (χ4n) is 1.84. The maximum Gasteiger partial charge on any atom is 0.101 e. The molecular weight excluding hydrogens is 240 g/mol. The Balaban J connectivity index is 2.21. The Morgan fingerprint density at radius 1 is 1.53 bits per heavy atom. The zero-order valence-corrected chi connectivity index (χ0v) is 10.8. The van der Waals surface area contributed by atoms with Crippen molar-refractivity contribution in [3.63, 3.8) is 0 Å². The van der Waals surface area contributed by atoms with E-state index < -0.39 is 6.10 Å². The first-order chi connectivity index (χ1) is 7.99. The van der Waals surface area contributed by atoms with Gasteiger partial charge in [0.05, 0.1) is 28.8 Å². The summed E-state index contributed by atoms with van der Waals surface area (Å²) < 4.78 is 6.88. The summed E-state index contributed by atoms with van der Waals surface area (Å²) in [6.45, 7) is 3.69.